The number of aliphatic hydroxyl groups excluding tert-OH is 2. The SMILES string of the molecule is CC(C)C[C@H](O)[C@H](O)[C@H](CC1CCCCC1)N(CC1CC1)C(=O)CCC(=O)N(CC(=O)N(C)CCc1ccccn1)[C@@H](C)c1ccccc1. The van der Waals surface area contributed by atoms with Gasteiger partial charge < -0.3 is 24.9 Å². The topological polar surface area (TPSA) is 114 Å². The summed E-state index contributed by atoms with van der Waals surface area (Å²) in [6.07, 6.45) is 9.20. The summed E-state index contributed by atoms with van der Waals surface area (Å²) in [5, 5.41) is 22.6. The summed E-state index contributed by atoms with van der Waals surface area (Å²) >= 11 is 0. The molecular weight excluding hydrogens is 616 g/mol. The van der Waals surface area contributed by atoms with E-state index in [0.29, 0.717) is 44.2 Å². The number of hydrogen-bond donors (Lipinski definition) is 2. The third-order valence-electron chi connectivity index (χ3n) is 10.5. The second-order valence-corrected chi connectivity index (χ2v) is 15.0. The number of aromatic nitrogens is 1. The van der Waals surface area contributed by atoms with Gasteiger partial charge in [-0.25, -0.2) is 0 Å². The third-order valence-corrected chi connectivity index (χ3v) is 10.5. The molecule has 9 heteroatoms. The van der Waals surface area contributed by atoms with Crippen LogP contribution in [0.1, 0.15) is 109 Å². The van der Waals surface area contributed by atoms with Crippen LogP contribution >= 0.6 is 0 Å². The van der Waals surface area contributed by atoms with Gasteiger partial charge in [-0.1, -0.05) is 82.3 Å². The van der Waals surface area contributed by atoms with E-state index in [-0.39, 0.29) is 49.1 Å². The fourth-order valence-electron chi connectivity index (χ4n) is 7.17. The molecule has 3 amide bonds. The van der Waals surface area contributed by atoms with Gasteiger partial charge in [0, 0.05) is 51.3 Å². The van der Waals surface area contributed by atoms with Crippen molar-refractivity contribution in [2.45, 2.75) is 122 Å². The van der Waals surface area contributed by atoms with Gasteiger partial charge in [-0.15, -0.1) is 0 Å². The molecule has 1 aromatic heterocycles. The Labute approximate surface area is 294 Å². The molecule has 0 saturated heterocycles. The van der Waals surface area contributed by atoms with E-state index in [2.05, 4.69) is 4.98 Å². The smallest absolute Gasteiger partial charge is 0.241 e. The van der Waals surface area contributed by atoms with Crippen LogP contribution in [0.15, 0.2) is 54.7 Å². The molecule has 2 aliphatic rings. The van der Waals surface area contributed by atoms with E-state index in [1.807, 2.05) is 74.2 Å². The standard InChI is InChI=1S/C40H60N4O5/c1-29(2)25-36(45)40(49)35(26-31-13-7-5-8-14-31)44(27-32-18-19-32)38(47)21-20-37(46)43(30(3)33-15-9-6-10-16-33)28-39(48)42(4)24-22-34-17-11-12-23-41-34/h6,9-12,15-17,23,29-32,35-36,40,45,49H,5,7-8,13-14,18-22,24-28H2,1-4H3/t30-,35-,36-,40+/m0/s1. The number of pyridine rings is 1. The number of benzene rings is 1. The van der Waals surface area contributed by atoms with Gasteiger partial charge in [0.1, 0.15) is 12.6 Å². The summed E-state index contributed by atoms with van der Waals surface area (Å²) in [6, 6.07) is 14.5. The number of rotatable bonds is 19. The van der Waals surface area contributed by atoms with Crippen molar-refractivity contribution in [3.05, 3.63) is 66.0 Å². The predicted octanol–water partition coefficient (Wildman–Crippen LogP) is 5.80. The third kappa shape index (κ3) is 12.2. The van der Waals surface area contributed by atoms with E-state index < -0.39 is 18.2 Å². The van der Waals surface area contributed by atoms with E-state index in [9.17, 15) is 24.6 Å². The molecule has 2 aromatic rings. The van der Waals surface area contributed by atoms with E-state index in [4.69, 9.17) is 0 Å². The van der Waals surface area contributed by atoms with Gasteiger partial charge in [0.2, 0.25) is 17.7 Å². The lowest BCUT2D eigenvalue weighted by Gasteiger charge is -2.40. The van der Waals surface area contributed by atoms with Gasteiger partial charge in [0.25, 0.3) is 0 Å². The van der Waals surface area contributed by atoms with Crippen LogP contribution in [0.3, 0.4) is 0 Å². The molecule has 0 aliphatic heterocycles. The van der Waals surface area contributed by atoms with Gasteiger partial charge >= 0.3 is 0 Å². The number of amides is 3. The maximum absolute atomic E-state index is 14.1. The van der Waals surface area contributed by atoms with Crippen molar-refractivity contribution >= 4 is 17.7 Å². The number of carbonyl (C=O) groups is 3. The Balaban J connectivity index is 1.48. The van der Waals surface area contributed by atoms with Crippen molar-refractivity contribution < 1.29 is 24.6 Å². The molecule has 2 aliphatic carbocycles. The van der Waals surface area contributed by atoms with Crippen LogP contribution in [0.5, 0.6) is 0 Å². The summed E-state index contributed by atoms with van der Waals surface area (Å²) in [5.41, 5.74) is 1.81. The largest absolute Gasteiger partial charge is 0.390 e. The van der Waals surface area contributed by atoms with E-state index in [0.717, 1.165) is 49.8 Å². The molecule has 270 valence electrons. The van der Waals surface area contributed by atoms with Crippen molar-refractivity contribution in [3.8, 4) is 0 Å². The average Bonchev–Trinajstić information content (AvgIpc) is 3.94. The molecule has 1 heterocycles. The second kappa shape index (κ2) is 19.2. The number of nitrogens with zero attached hydrogens (tertiary/aromatic N) is 4. The molecule has 9 nitrogen and oxygen atoms in total. The van der Waals surface area contributed by atoms with Crippen molar-refractivity contribution in [3.63, 3.8) is 0 Å². The monoisotopic (exact) mass is 676 g/mol. The highest BCUT2D eigenvalue weighted by Crippen LogP contribution is 2.35. The Bertz CT molecular complexity index is 1300. The molecular formula is C40H60N4O5. The summed E-state index contributed by atoms with van der Waals surface area (Å²) in [7, 11) is 1.74. The predicted molar refractivity (Wildman–Crippen MR) is 192 cm³/mol. The highest BCUT2D eigenvalue weighted by atomic mass is 16.3. The van der Waals surface area contributed by atoms with Crippen molar-refractivity contribution in [2.75, 3.05) is 26.7 Å². The highest BCUT2D eigenvalue weighted by Gasteiger charge is 2.39. The fourth-order valence-corrected chi connectivity index (χ4v) is 7.17. The molecule has 2 saturated carbocycles. The van der Waals surface area contributed by atoms with Crippen molar-refractivity contribution in [2.24, 2.45) is 17.8 Å². The highest BCUT2D eigenvalue weighted by molar-refractivity contribution is 5.88. The van der Waals surface area contributed by atoms with Crippen LogP contribution in [0, 0.1) is 17.8 Å². The van der Waals surface area contributed by atoms with Crippen molar-refractivity contribution in [1.29, 1.82) is 0 Å². The van der Waals surface area contributed by atoms with Crippen LogP contribution in [0.2, 0.25) is 0 Å². The van der Waals surface area contributed by atoms with E-state index in [1.165, 1.54) is 6.42 Å². The normalized spacial score (nSPS) is 17.6. The summed E-state index contributed by atoms with van der Waals surface area (Å²) in [5.74, 6) is 0.397. The average molecular weight is 677 g/mol. The van der Waals surface area contributed by atoms with Gasteiger partial charge in [-0.05, 0) is 68.1 Å². The lowest BCUT2D eigenvalue weighted by molar-refractivity contribution is -0.145. The molecule has 0 radical (unpaired) electrons. The number of carbonyl (C=O) groups excluding carboxylic acids is 3. The Morgan fingerprint density at radius 1 is 0.816 bits per heavy atom. The van der Waals surface area contributed by atoms with Gasteiger partial charge in [-0.3, -0.25) is 19.4 Å². The minimum Gasteiger partial charge on any atom is -0.390 e. The maximum Gasteiger partial charge on any atom is 0.241 e. The van der Waals surface area contributed by atoms with E-state index in [1.54, 1.807) is 23.0 Å². The Hall–Kier alpha value is -3.30. The van der Waals surface area contributed by atoms with Crippen molar-refractivity contribution in [1.82, 2.24) is 19.7 Å². The lowest BCUT2D eigenvalue weighted by Crippen LogP contribution is -2.53. The molecule has 0 bridgehead atoms. The molecule has 49 heavy (non-hydrogen) atoms. The fraction of sp³-hybridized carbons (Fsp3) is 0.650. The number of hydrogen-bond acceptors (Lipinski definition) is 6. The Kier molecular flexibility index (Phi) is 15.1. The Morgan fingerprint density at radius 3 is 2.08 bits per heavy atom. The first kappa shape index (κ1) is 38.5. The van der Waals surface area contributed by atoms with Gasteiger partial charge in [0.05, 0.1) is 18.2 Å². The first-order valence-corrected chi connectivity index (χ1v) is 18.7. The zero-order valence-corrected chi connectivity index (χ0v) is 30.3. The number of likely N-dealkylation sites (N-methyl/N-ethyl adjacent to an activating group) is 1. The van der Waals surface area contributed by atoms with Crippen LogP contribution in [0.4, 0.5) is 0 Å². The quantitative estimate of drug-likeness (QED) is 0.195. The first-order chi connectivity index (χ1) is 23.5. The molecule has 0 spiro atoms. The molecule has 2 N–H and O–H groups in total. The van der Waals surface area contributed by atoms with Crippen LogP contribution in [-0.2, 0) is 20.8 Å². The molecule has 2 fully saturated rings. The second-order valence-electron chi connectivity index (χ2n) is 15.0. The van der Waals surface area contributed by atoms with Crippen LogP contribution < -0.4 is 0 Å². The molecule has 4 atom stereocenters. The van der Waals surface area contributed by atoms with Crippen LogP contribution in [-0.4, -0.2) is 92.6 Å². The minimum atomic E-state index is -1.04. The summed E-state index contributed by atoms with van der Waals surface area (Å²) < 4.78 is 0. The molecule has 0 unspecified atom stereocenters. The van der Waals surface area contributed by atoms with Gasteiger partial charge in [-0.2, -0.15) is 0 Å². The zero-order valence-electron chi connectivity index (χ0n) is 30.3. The lowest BCUT2D eigenvalue weighted by atomic mass is 9.81. The molecule has 4 rings (SSSR count). The first-order valence-electron chi connectivity index (χ1n) is 18.7. The van der Waals surface area contributed by atoms with Crippen LogP contribution in [0.25, 0.3) is 0 Å². The molecule has 1 aromatic carbocycles. The Morgan fingerprint density at radius 2 is 1.47 bits per heavy atom. The van der Waals surface area contributed by atoms with E-state index >= 15 is 0 Å². The number of aliphatic hydroxyl groups is 2. The minimum absolute atomic E-state index is 0.0125. The van der Waals surface area contributed by atoms with Gasteiger partial charge in [0.15, 0.2) is 0 Å². The zero-order chi connectivity index (χ0) is 35.3. The summed E-state index contributed by atoms with van der Waals surface area (Å²) in [6.45, 7) is 6.88. The maximum atomic E-state index is 14.1. The summed E-state index contributed by atoms with van der Waals surface area (Å²) in [4.78, 5) is 51.0.